The van der Waals surface area contributed by atoms with Gasteiger partial charge in [-0.05, 0) is 38.3 Å². The number of piperidine rings is 1. The number of benzene rings is 2. The van der Waals surface area contributed by atoms with Crippen LogP contribution in [0.15, 0.2) is 54.6 Å². The van der Waals surface area contributed by atoms with Gasteiger partial charge < -0.3 is 19.9 Å². The lowest BCUT2D eigenvalue weighted by molar-refractivity contribution is -0.126. The van der Waals surface area contributed by atoms with E-state index in [0.29, 0.717) is 52.2 Å². The van der Waals surface area contributed by atoms with Crippen LogP contribution in [-0.4, -0.2) is 61.1 Å². The maximum Gasteiger partial charge on any atom is 0.319 e. The lowest BCUT2D eigenvalue weighted by atomic mass is 9.96. The number of amides is 3. The minimum Gasteiger partial charge on any atom is -0.491 e. The van der Waals surface area contributed by atoms with Gasteiger partial charge in [0.05, 0.1) is 6.54 Å². The first-order valence-corrected chi connectivity index (χ1v) is 11.2. The van der Waals surface area contributed by atoms with Gasteiger partial charge in [-0.15, -0.1) is 0 Å². The van der Waals surface area contributed by atoms with Gasteiger partial charge in [0, 0.05) is 37.7 Å². The van der Waals surface area contributed by atoms with Crippen molar-refractivity contribution in [2.24, 2.45) is 5.92 Å². The number of urea groups is 1. The number of para-hydroxylation sites is 1. The zero-order valence-corrected chi connectivity index (χ0v) is 18.5. The molecule has 31 heavy (non-hydrogen) atoms. The molecule has 166 valence electrons. The highest BCUT2D eigenvalue weighted by atomic mass is 16.5. The monoisotopic (exact) mass is 423 g/mol. The minimum atomic E-state index is -0.0441. The molecule has 3 amide bonds. The Morgan fingerprint density at radius 2 is 1.65 bits per heavy atom. The second-order valence-electron chi connectivity index (χ2n) is 7.72. The predicted molar refractivity (Wildman–Crippen MR) is 123 cm³/mol. The molecule has 1 N–H and O–H groups in total. The molecule has 0 unspecified atom stereocenters. The molecule has 1 aliphatic heterocycles. The fourth-order valence-corrected chi connectivity index (χ4v) is 3.96. The van der Waals surface area contributed by atoms with Gasteiger partial charge in [0.15, 0.2) is 0 Å². The SMILES string of the molecule is CCN(CC)C(=O)N1CCC(C(=O)NCCOc2ccccc2-c2ccccc2)CC1. The number of likely N-dealkylation sites (tertiary alicyclic amines) is 1. The fourth-order valence-electron chi connectivity index (χ4n) is 3.96. The first-order chi connectivity index (χ1) is 15.1. The van der Waals surface area contributed by atoms with Crippen LogP contribution < -0.4 is 10.1 Å². The zero-order chi connectivity index (χ0) is 22.1. The van der Waals surface area contributed by atoms with Crippen molar-refractivity contribution in [2.45, 2.75) is 26.7 Å². The van der Waals surface area contributed by atoms with Crippen LogP contribution in [0.3, 0.4) is 0 Å². The number of nitrogens with one attached hydrogen (secondary N) is 1. The molecule has 0 radical (unpaired) electrons. The highest BCUT2D eigenvalue weighted by molar-refractivity contribution is 5.79. The third-order valence-electron chi connectivity index (χ3n) is 5.80. The molecule has 0 aliphatic carbocycles. The van der Waals surface area contributed by atoms with Gasteiger partial charge in [0.2, 0.25) is 5.91 Å². The largest absolute Gasteiger partial charge is 0.491 e. The van der Waals surface area contributed by atoms with Gasteiger partial charge in [-0.2, -0.15) is 0 Å². The molecule has 0 aromatic heterocycles. The number of carbonyl (C=O) groups excluding carboxylic acids is 2. The van der Waals surface area contributed by atoms with Crippen molar-refractivity contribution in [1.29, 1.82) is 0 Å². The van der Waals surface area contributed by atoms with E-state index in [2.05, 4.69) is 17.4 Å². The topological polar surface area (TPSA) is 61.9 Å². The third-order valence-corrected chi connectivity index (χ3v) is 5.80. The molecule has 2 aromatic rings. The summed E-state index contributed by atoms with van der Waals surface area (Å²) in [7, 11) is 0. The summed E-state index contributed by atoms with van der Waals surface area (Å²) in [5.41, 5.74) is 2.15. The highest BCUT2D eigenvalue weighted by Crippen LogP contribution is 2.29. The maximum absolute atomic E-state index is 12.5. The van der Waals surface area contributed by atoms with E-state index in [-0.39, 0.29) is 17.9 Å². The van der Waals surface area contributed by atoms with Gasteiger partial charge in [-0.25, -0.2) is 4.79 Å². The smallest absolute Gasteiger partial charge is 0.319 e. The van der Waals surface area contributed by atoms with E-state index in [1.807, 2.05) is 66.1 Å². The molecule has 6 heteroatoms. The van der Waals surface area contributed by atoms with Crippen molar-refractivity contribution < 1.29 is 14.3 Å². The van der Waals surface area contributed by atoms with Crippen LogP contribution in [0.25, 0.3) is 11.1 Å². The quantitative estimate of drug-likeness (QED) is 0.653. The van der Waals surface area contributed by atoms with E-state index in [1.165, 1.54) is 0 Å². The van der Waals surface area contributed by atoms with Crippen LogP contribution in [-0.2, 0) is 4.79 Å². The Bertz CT molecular complexity index is 844. The van der Waals surface area contributed by atoms with Gasteiger partial charge in [0.25, 0.3) is 0 Å². The first-order valence-electron chi connectivity index (χ1n) is 11.2. The summed E-state index contributed by atoms with van der Waals surface area (Å²) in [6, 6.07) is 18.1. The molecule has 2 aromatic carbocycles. The van der Waals surface area contributed by atoms with Gasteiger partial charge in [-0.1, -0.05) is 48.5 Å². The molecular weight excluding hydrogens is 390 g/mol. The lowest BCUT2D eigenvalue weighted by Gasteiger charge is -2.34. The Kier molecular flexibility index (Phi) is 8.33. The van der Waals surface area contributed by atoms with Gasteiger partial charge in [0.1, 0.15) is 12.4 Å². The number of rotatable bonds is 8. The summed E-state index contributed by atoms with van der Waals surface area (Å²) in [5, 5.41) is 2.99. The Labute approximate surface area is 185 Å². The Morgan fingerprint density at radius 3 is 2.32 bits per heavy atom. The standard InChI is InChI=1S/C25H33N3O3/c1-3-27(4-2)25(30)28-17-14-21(15-18-28)24(29)26-16-19-31-23-13-9-8-12-22(23)20-10-6-5-7-11-20/h5-13,21H,3-4,14-19H2,1-2H3,(H,26,29). The van der Waals surface area contributed by atoms with Gasteiger partial charge in [-0.3, -0.25) is 4.79 Å². The highest BCUT2D eigenvalue weighted by Gasteiger charge is 2.28. The maximum atomic E-state index is 12.5. The van der Waals surface area contributed by atoms with E-state index in [4.69, 9.17) is 4.74 Å². The predicted octanol–water partition coefficient (Wildman–Crippen LogP) is 4.02. The number of hydrogen-bond donors (Lipinski definition) is 1. The number of carbonyl (C=O) groups is 2. The second kappa shape index (κ2) is 11.4. The molecule has 3 rings (SSSR count). The zero-order valence-electron chi connectivity index (χ0n) is 18.5. The Morgan fingerprint density at radius 1 is 1.00 bits per heavy atom. The van der Waals surface area contributed by atoms with Crippen LogP contribution in [0.5, 0.6) is 5.75 Å². The molecule has 0 spiro atoms. The van der Waals surface area contributed by atoms with Crippen LogP contribution in [0.1, 0.15) is 26.7 Å². The Hall–Kier alpha value is -3.02. The van der Waals surface area contributed by atoms with Crippen LogP contribution in [0.4, 0.5) is 4.79 Å². The van der Waals surface area contributed by atoms with Crippen molar-refractivity contribution in [3.05, 3.63) is 54.6 Å². The minimum absolute atomic E-state index is 0.0441. The summed E-state index contributed by atoms with van der Waals surface area (Å²) >= 11 is 0. The molecule has 0 saturated carbocycles. The van der Waals surface area contributed by atoms with E-state index in [1.54, 1.807) is 0 Å². The second-order valence-corrected chi connectivity index (χ2v) is 7.72. The van der Waals surface area contributed by atoms with Crippen molar-refractivity contribution >= 4 is 11.9 Å². The summed E-state index contributed by atoms with van der Waals surface area (Å²) < 4.78 is 5.96. The first kappa shape index (κ1) is 22.7. The van der Waals surface area contributed by atoms with E-state index in [9.17, 15) is 9.59 Å². The molecule has 1 fully saturated rings. The molecular formula is C25H33N3O3. The van der Waals surface area contributed by atoms with Crippen molar-refractivity contribution in [1.82, 2.24) is 15.1 Å². The Balaban J connectivity index is 1.42. The summed E-state index contributed by atoms with van der Waals surface area (Å²) in [6.45, 7) is 7.54. The average molecular weight is 424 g/mol. The van der Waals surface area contributed by atoms with Crippen LogP contribution >= 0.6 is 0 Å². The molecule has 0 bridgehead atoms. The summed E-state index contributed by atoms with van der Waals surface area (Å²) in [6.07, 6.45) is 1.41. The normalized spacial score (nSPS) is 14.2. The summed E-state index contributed by atoms with van der Waals surface area (Å²) in [4.78, 5) is 28.7. The fraction of sp³-hybridized carbons (Fsp3) is 0.440. The van der Waals surface area contributed by atoms with Crippen LogP contribution in [0, 0.1) is 5.92 Å². The molecule has 1 aliphatic rings. The van der Waals surface area contributed by atoms with Crippen molar-refractivity contribution in [3.63, 3.8) is 0 Å². The van der Waals surface area contributed by atoms with Crippen LogP contribution in [0.2, 0.25) is 0 Å². The number of hydrogen-bond acceptors (Lipinski definition) is 3. The number of nitrogens with zero attached hydrogens (tertiary/aromatic N) is 2. The lowest BCUT2D eigenvalue weighted by Crippen LogP contribution is -2.48. The van der Waals surface area contributed by atoms with E-state index >= 15 is 0 Å². The molecule has 1 heterocycles. The summed E-state index contributed by atoms with van der Waals surface area (Å²) in [5.74, 6) is 0.818. The molecule has 1 saturated heterocycles. The third kappa shape index (κ3) is 6.00. The average Bonchev–Trinajstić information content (AvgIpc) is 2.83. The van der Waals surface area contributed by atoms with Crippen molar-refractivity contribution in [2.75, 3.05) is 39.3 Å². The molecule has 6 nitrogen and oxygen atoms in total. The molecule has 0 atom stereocenters. The van der Waals surface area contributed by atoms with Crippen molar-refractivity contribution in [3.8, 4) is 16.9 Å². The van der Waals surface area contributed by atoms with E-state index in [0.717, 1.165) is 16.9 Å². The number of ether oxygens (including phenoxy) is 1. The van der Waals surface area contributed by atoms with Gasteiger partial charge >= 0.3 is 6.03 Å². The van der Waals surface area contributed by atoms with E-state index < -0.39 is 0 Å².